The number of aromatic nitrogens is 4. The Morgan fingerprint density at radius 1 is 1.29 bits per heavy atom. The van der Waals surface area contributed by atoms with Crippen molar-refractivity contribution >= 4 is 31.1 Å². The third-order valence-corrected chi connectivity index (χ3v) is 6.64. The maximum atomic E-state index is 13.4. The fraction of sp³-hybridized carbons (Fsp3) is 0.286. The van der Waals surface area contributed by atoms with Crippen LogP contribution < -0.4 is 16.0 Å². The van der Waals surface area contributed by atoms with Gasteiger partial charge in [-0.15, -0.1) is 0 Å². The van der Waals surface area contributed by atoms with Crippen LogP contribution in [0.5, 0.6) is 5.75 Å². The number of methoxy groups -OCH3 is 1. The Morgan fingerprint density at radius 3 is 2.79 bits per heavy atom. The molecule has 6 rings (SSSR count). The number of phosphoric ester groups is 1. The van der Waals surface area contributed by atoms with Crippen LogP contribution in [-0.4, -0.2) is 37.5 Å². The van der Waals surface area contributed by atoms with Gasteiger partial charge in [-0.05, 0) is 30.2 Å². The van der Waals surface area contributed by atoms with Crippen LogP contribution in [0.15, 0.2) is 33.9 Å². The zero-order chi connectivity index (χ0) is 24.1. The molecule has 34 heavy (non-hydrogen) atoms. The van der Waals surface area contributed by atoms with E-state index in [1.807, 2.05) is 24.3 Å². The third-order valence-electron chi connectivity index (χ3n) is 5.39. The van der Waals surface area contributed by atoms with Crippen LogP contribution in [0.4, 0.5) is 0 Å². The van der Waals surface area contributed by atoms with E-state index in [0.29, 0.717) is 16.1 Å². The van der Waals surface area contributed by atoms with E-state index in [9.17, 15) is 19.3 Å². The summed E-state index contributed by atoms with van der Waals surface area (Å²) in [5.74, 6) is 1.29. The van der Waals surface area contributed by atoms with Crippen molar-refractivity contribution in [1.82, 2.24) is 18.7 Å². The summed E-state index contributed by atoms with van der Waals surface area (Å²) in [6, 6.07) is 7.36. The molecule has 1 N–H and O–H groups in total. The van der Waals surface area contributed by atoms with Gasteiger partial charge in [-0.2, -0.15) is 4.57 Å². The molecule has 0 radical (unpaired) electrons. The number of ether oxygens (including phenoxy) is 1. The van der Waals surface area contributed by atoms with Crippen LogP contribution in [0.2, 0.25) is 0 Å². The predicted octanol–water partition coefficient (Wildman–Crippen LogP) is 1.21. The van der Waals surface area contributed by atoms with Crippen molar-refractivity contribution in [3.05, 3.63) is 56.5 Å². The summed E-state index contributed by atoms with van der Waals surface area (Å²) in [5, 5.41) is 9.31. The summed E-state index contributed by atoms with van der Waals surface area (Å²) in [6.07, 6.45) is 5.84. The molecule has 12 nitrogen and oxygen atoms in total. The lowest BCUT2D eigenvalue weighted by molar-refractivity contribution is -0.241. The van der Waals surface area contributed by atoms with Crippen molar-refractivity contribution in [3.63, 3.8) is 0 Å². The van der Waals surface area contributed by atoms with Crippen LogP contribution in [-0.2, 0) is 37.6 Å². The number of aliphatic hydroxyl groups is 1. The first-order valence-electron chi connectivity index (χ1n) is 10.2. The minimum absolute atomic E-state index is 0.0554. The van der Waals surface area contributed by atoms with E-state index in [4.69, 9.17) is 13.8 Å². The molecule has 5 heterocycles. The Hall–Kier alpha value is -3.62. The van der Waals surface area contributed by atoms with E-state index in [1.54, 1.807) is 26.3 Å². The van der Waals surface area contributed by atoms with Crippen molar-refractivity contribution < 1.29 is 28.0 Å². The molecule has 0 saturated carbocycles. The van der Waals surface area contributed by atoms with Gasteiger partial charge in [0, 0.05) is 26.1 Å². The molecule has 1 fully saturated rings. The first-order valence-corrected chi connectivity index (χ1v) is 11.6. The fourth-order valence-electron chi connectivity index (χ4n) is 3.76. The van der Waals surface area contributed by atoms with E-state index < -0.39 is 25.0 Å². The number of hydrogen-bond acceptors (Lipinski definition) is 9. The molecule has 2 aromatic heterocycles. The Bertz CT molecular complexity index is 1560. The molecule has 0 unspecified atom stereocenters. The highest BCUT2D eigenvalue weighted by atomic mass is 31.2. The van der Waals surface area contributed by atoms with Gasteiger partial charge in [0.25, 0.3) is 5.56 Å². The van der Waals surface area contributed by atoms with Gasteiger partial charge >= 0.3 is 19.4 Å². The van der Waals surface area contributed by atoms with E-state index >= 15 is 0 Å². The third kappa shape index (κ3) is 3.38. The topological polar surface area (TPSA) is 136 Å². The van der Waals surface area contributed by atoms with Gasteiger partial charge in [-0.1, -0.05) is 18.2 Å². The van der Waals surface area contributed by atoms with E-state index in [0.717, 1.165) is 5.56 Å². The summed E-state index contributed by atoms with van der Waals surface area (Å²) in [7, 11) is -0.744. The Morgan fingerprint density at radius 2 is 2.09 bits per heavy atom. The molecule has 2 bridgehead atoms. The van der Waals surface area contributed by atoms with E-state index in [1.165, 1.54) is 9.13 Å². The van der Waals surface area contributed by atoms with Crippen molar-refractivity contribution in [2.24, 2.45) is 7.05 Å². The Labute approximate surface area is 192 Å². The quantitative estimate of drug-likeness (QED) is 0.386. The van der Waals surface area contributed by atoms with E-state index in [-0.39, 0.29) is 30.7 Å². The standard InChI is InChI=1S/C21H19N4O8P/c1-23-16(8-7-14-5-3-6-15(13-14)30-2)22-18-17(23)19(27)25(20(28)24(18)10-4-11-26)21-9-12-31-34(29,32-21)33-21/h3,5-8,13,26H,4,10-11H2,1-2H3/b8-7+. The lowest BCUT2D eigenvalue weighted by Gasteiger charge is -2.41. The second-order valence-electron chi connectivity index (χ2n) is 7.49. The molecular formula is C21H19N4O8P. The smallest absolute Gasteiger partial charge is 0.497 e. The van der Waals surface area contributed by atoms with Crippen molar-refractivity contribution in [3.8, 4) is 17.8 Å². The van der Waals surface area contributed by atoms with Crippen molar-refractivity contribution in [1.29, 1.82) is 0 Å². The maximum Gasteiger partial charge on any atom is 0.548 e. The molecule has 3 aliphatic heterocycles. The average Bonchev–Trinajstić information content (AvgIpc) is 3.13. The normalized spacial score (nSPS) is 22.8. The van der Waals surface area contributed by atoms with Gasteiger partial charge in [0.2, 0.25) is 0 Å². The van der Waals surface area contributed by atoms with Gasteiger partial charge in [0.1, 0.15) is 17.7 Å². The molecular weight excluding hydrogens is 467 g/mol. The van der Waals surface area contributed by atoms with Crippen LogP contribution in [0.25, 0.3) is 23.3 Å². The zero-order valence-electron chi connectivity index (χ0n) is 18.1. The maximum absolute atomic E-state index is 13.4. The molecule has 0 spiro atoms. The van der Waals surface area contributed by atoms with Crippen LogP contribution in [0.1, 0.15) is 17.8 Å². The fourth-order valence-corrected chi connectivity index (χ4v) is 4.87. The number of imidazole rings is 1. The molecule has 0 aliphatic carbocycles. The summed E-state index contributed by atoms with van der Waals surface area (Å²) in [5.41, 5.74) is -0.607. The number of aliphatic hydroxyl groups excluding tert-OH is 1. The number of aryl methyl sites for hydroxylation is 2. The van der Waals surface area contributed by atoms with Gasteiger partial charge < -0.3 is 18.9 Å². The summed E-state index contributed by atoms with van der Waals surface area (Å²) >= 11 is 0. The number of phosphoric acid groups is 1. The molecule has 1 aromatic carbocycles. The first kappa shape index (κ1) is 22.2. The SMILES string of the molecule is COc1cccc(/C=C/c2nc3c(c(=O)n(C45C#COP(=O)(O4)O5)c(=O)n3CCCO)n2C)c1. The van der Waals surface area contributed by atoms with E-state index in [2.05, 4.69) is 21.5 Å². The zero-order valence-corrected chi connectivity index (χ0v) is 19.0. The Balaban J connectivity index is 1.69. The van der Waals surface area contributed by atoms with Crippen LogP contribution in [0.3, 0.4) is 0 Å². The largest absolute Gasteiger partial charge is 0.548 e. The van der Waals surface area contributed by atoms with Gasteiger partial charge in [-0.3, -0.25) is 9.36 Å². The number of fused-ring (bicyclic) bond motifs is 2. The highest BCUT2D eigenvalue weighted by molar-refractivity contribution is 7.49. The lowest BCUT2D eigenvalue weighted by Crippen LogP contribution is -2.58. The summed E-state index contributed by atoms with van der Waals surface area (Å²) in [4.78, 5) is 31.3. The molecule has 13 heteroatoms. The summed E-state index contributed by atoms with van der Waals surface area (Å²) in [6.45, 7) is -0.136. The number of rotatable bonds is 7. The minimum Gasteiger partial charge on any atom is -0.497 e. The van der Waals surface area contributed by atoms with Gasteiger partial charge in [0.05, 0.1) is 7.11 Å². The highest BCUT2D eigenvalue weighted by Gasteiger charge is 2.64. The highest BCUT2D eigenvalue weighted by Crippen LogP contribution is 2.67. The predicted molar refractivity (Wildman–Crippen MR) is 119 cm³/mol. The molecule has 3 aliphatic rings. The Kier molecular flexibility index (Phi) is 5.22. The second kappa shape index (κ2) is 8.00. The second-order valence-corrected chi connectivity index (χ2v) is 8.94. The number of nitrogens with zero attached hydrogens (tertiary/aromatic N) is 4. The van der Waals surface area contributed by atoms with Crippen LogP contribution >= 0.6 is 7.82 Å². The molecule has 176 valence electrons. The average molecular weight is 486 g/mol. The number of benzene rings is 1. The first-order chi connectivity index (χ1) is 16.3. The van der Waals surface area contributed by atoms with Gasteiger partial charge in [-0.25, -0.2) is 23.4 Å². The minimum atomic E-state index is -3.93. The molecule has 1 saturated heterocycles. The lowest BCUT2D eigenvalue weighted by atomic mass is 10.2. The van der Waals surface area contributed by atoms with Crippen molar-refractivity contribution in [2.75, 3.05) is 13.7 Å². The number of hydrogen-bond donors (Lipinski definition) is 1. The van der Waals surface area contributed by atoms with Gasteiger partial charge in [0.15, 0.2) is 11.2 Å². The molecule has 3 aromatic rings. The molecule has 0 amide bonds. The monoisotopic (exact) mass is 486 g/mol. The molecule has 0 atom stereocenters. The van der Waals surface area contributed by atoms with Crippen LogP contribution in [0, 0.1) is 12.0 Å². The summed E-state index contributed by atoms with van der Waals surface area (Å²) < 4.78 is 35.7. The van der Waals surface area contributed by atoms with Crippen molar-refractivity contribution in [2.45, 2.75) is 18.9 Å².